The van der Waals surface area contributed by atoms with Crippen LogP contribution in [0.5, 0.6) is 0 Å². The van der Waals surface area contributed by atoms with Crippen molar-refractivity contribution in [2.24, 2.45) is 0 Å². The van der Waals surface area contributed by atoms with Crippen molar-refractivity contribution >= 4 is 5.78 Å². The summed E-state index contributed by atoms with van der Waals surface area (Å²) in [6.45, 7) is 2.16. The molecular weight excluding hydrogens is 256 g/mol. The summed E-state index contributed by atoms with van der Waals surface area (Å²) in [7, 11) is 0. The molecule has 112 valence electrons. The van der Waals surface area contributed by atoms with Gasteiger partial charge in [-0.15, -0.1) is 0 Å². The van der Waals surface area contributed by atoms with Crippen molar-refractivity contribution in [1.29, 1.82) is 0 Å². The van der Waals surface area contributed by atoms with Crippen LogP contribution in [0.2, 0.25) is 0 Å². The third-order valence-electron chi connectivity index (χ3n) is 4.03. The second-order valence-corrected chi connectivity index (χ2v) is 5.62. The van der Waals surface area contributed by atoms with E-state index in [2.05, 4.69) is 6.92 Å². The van der Waals surface area contributed by atoms with Crippen LogP contribution in [0, 0.1) is 0 Å². The molecule has 2 N–H and O–H groups in total. The smallest absolute Gasteiger partial charge is 0.185 e. The summed E-state index contributed by atoms with van der Waals surface area (Å²) in [6, 6.07) is 0. The van der Waals surface area contributed by atoms with Crippen molar-refractivity contribution in [3.63, 3.8) is 0 Å². The van der Waals surface area contributed by atoms with Gasteiger partial charge >= 0.3 is 0 Å². The van der Waals surface area contributed by atoms with Crippen LogP contribution < -0.4 is 0 Å². The quantitative estimate of drug-likeness (QED) is 0.732. The molecule has 4 nitrogen and oxygen atoms in total. The molecule has 1 unspecified atom stereocenters. The number of hydrogen-bond acceptors (Lipinski definition) is 4. The first kappa shape index (κ1) is 15.3. The van der Waals surface area contributed by atoms with Crippen LogP contribution in [0.3, 0.4) is 0 Å². The zero-order chi connectivity index (χ0) is 14.5. The van der Waals surface area contributed by atoms with E-state index >= 15 is 0 Å². The Bertz CT molecular complexity index is 411. The van der Waals surface area contributed by atoms with Gasteiger partial charge in [-0.1, -0.05) is 32.6 Å². The summed E-state index contributed by atoms with van der Waals surface area (Å²) < 4.78 is 5.70. The van der Waals surface area contributed by atoms with Gasteiger partial charge in [0.2, 0.25) is 0 Å². The van der Waals surface area contributed by atoms with E-state index in [0.717, 1.165) is 12.8 Å². The molecular formula is C16H24O4. The number of unbranched alkanes of at least 4 members (excludes halogenated alkanes) is 3. The maximum atomic E-state index is 11.7. The first-order chi connectivity index (χ1) is 9.63. The lowest BCUT2D eigenvalue weighted by Crippen LogP contribution is -2.36. The summed E-state index contributed by atoms with van der Waals surface area (Å²) in [5.74, 6) is 0.266. The van der Waals surface area contributed by atoms with Crippen LogP contribution in [-0.4, -0.2) is 34.3 Å². The standard InChI is InChI=1S/C16H24O4/c1-2-3-4-5-6-13(18)15-10-7-11-12(17)8-9-14(19)16(11)20-15/h8-9,13-15,18-19H,2-7,10H2,1H3/t13?,14-,15+/m1/s1. The van der Waals surface area contributed by atoms with Gasteiger partial charge in [0.05, 0.1) is 6.10 Å². The summed E-state index contributed by atoms with van der Waals surface area (Å²) in [6.07, 6.45) is 7.57. The third kappa shape index (κ3) is 3.49. The van der Waals surface area contributed by atoms with Crippen molar-refractivity contribution < 1.29 is 19.7 Å². The predicted molar refractivity (Wildman–Crippen MR) is 76.1 cm³/mol. The van der Waals surface area contributed by atoms with Gasteiger partial charge in [0.1, 0.15) is 18.0 Å². The molecule has 0 amide bonds. The molecule has 0 saturated heterocycles. The fourth-order valence-corrected chi connectivity index (χ4v) is 2.80. The zero-order valence-corrected chi connectivity index (χ0v) is 12.0. The lowest BCUT2D eigenvalue weighted by molar-refractivity contribution is -0.113. The molecule has 20 heavy (non-hydrogen) atoms. The molecule has 0 bridgehead atoms. The molecule has 4 heteroatoms. The molecule has 0 aromatic heterocycles. The number of aliphatic hydroxyl groups is 2. The van der Waals surface area contributed by atoms with Gasteiger partial charge in [-0.25, -0.2) is 0 Å². The van der Waals surface area contributed by atoms with Crippen molar-refractivity contribution in [3.8, 4) is 0 Å². The summed E-state index contributed by atoms with van der Waals surface area (Å²) >= 11 is 0. The van der Waals surface area contributed by atoms with Gasteiger partial charge in [-0.05, 0) is 31.4 Å². The Morgan fingerprint density at radius 3 is 2.95 bits per heavy atom. The molecule has 1 aliphatic heterocycles. The Morgan fingerprint density at radius 2 is 2.20 bits per heavy atom. The first-order valence-corrected chi connectivity index (χ1v) is 7.61. The highest BCUT2D eigenvalue weighted by atomic mass is 16.5. The minimum absolute atomic E-state index is 0.0822. The van der Waals surface area contributed by atoms with E-state index in [0.29, 0.717) is 30.6 Å². The van der Waals surface area contributed by atoms with Crippen LogP contribution in [0.4, 0.5) is 0 Å². The summed E-state index contributed by atoms with van der Waals surface area (Å²) in [4.78, 5) is 11.7. The van der Waals surface area contributed by atoms with Crippen LogP contribution in [0.1, 0.15) is 51.9 Å². The Kier molecular flexibility index (Phi) is 5.38. The van der Waals surface area contributed by atoms with Crippen molar-refractivity contribution in [2.45, 2.75) is 70.2 Å². The van der Waals surface area contributed by atoms with E-state index < -0.39 is 12.2 Å². The molecule has 0 spiro atoms. The van der Waals surface area contributed by atoms with Gasteiger partial charge in [-0.2, -0.15) is 0 Å². The molecule has 0 aromatic rings. The number of ketones is 1. The fourth-order valence-electron chi connectivity index (χ4n) is 2.80. The number of aliphatic hydroxyl groups excluding tert-OH is 2. The largest absolute Gasteiger partial charge is 0.489 e. The van der Waals surface area contributed by atoms with E-state index in [-0.39, 0.29) is 11.9 Å². The predicted octanol–water partition coefficient (Wildman–Crippen LogP) is 2.25. The Balaban J connectivity index is 1.89. The average Bonchev–Trinajstić information content (AvgIpc) is 2.47. The van der Waals surface area contributed by atoms with E-state index in [1.54, 1.807) is 0 Å². The second kappa shape index (κ2) is 7.04. The van der Waals surface area contributed by atoms with Crippen LogP contribution in [-0.2, 0) is 9.53 Å². The van der Waals surface area contributed by atoms with E-state index in [4.69, 9.17) is 4.74 Å². The van der Waals surface area contributed by atoms with Gasteiger partial charge < -0.3 is 14.9 Å². The highest BCUT2D eigenvalue weighted by molar-refractivity contribution is 6.05. The highest BCUT2D eigenvalue weighted by Gasteiger charge is 2.33. The molecule has 1 aliphatic carbocycles. The first-order valence-electron chi connectivity index (χ1n) is 7.61. The molecule has 0 radical (unpaired) electrons. The van der Waals surface area contributed by atoms with Crippen LogP contribution >= 0.6 is 0 Å². The molecule has 0 aromatic carbocycles. The lowest BCUT2D eigenvalue weighted by Gasteiger charge is -2.33. The topological polar surface area (TPSA) is 66.8 Å². The van der Waals surface area contributed by atoms with Gasteiger partial charge in [0.15, 0.2) is 5.78 Å². The van der Waals surface area contributed by atoms with Crippen LogP contribution in [0.25, 0.3) is 0 Å². The van der Waals surface area contributed by atoms with E-state index in [1.807, 2.05) is 0 Å². The molecule has 3 atom stereocenters. The maximum Gasteiger partial charge on any atom is 0.185 e. The number of carbonyl (C=O) groups is 1. The fraction of sp³-hybridized carbons (Fsp3) is 0.688. The van der Waals surface area contributed by atoms with Crippen molar-refractivity contribution in [3.05, 3.63) is 23.5 Å². The monoisotopic (exact) mass is 280 g/mol. The van der Waals surface area contributed by atoms with Gasteiger partial charge in [0, 0.05) is 5.57 Å². The van der Waals surface area contributed by atoms with E-state index in [9.17, 15) is 15.0 Å². The minimum Gasteiger partial charge on any atom is -0.489 e. The number of hydrogen-bond donors (Lipinski definition) is 2. The second-order valence-electron chi connectivity index (χ2n) is 5.62. The average molecular weight is 280 g/mol. The Hall–Kier alpha value is -1.13. The highest BCUT2D eigenvalue weighted by Crippen LogP contribution is 2.32. The van der Waals surface area contributed by atoms with Crippen molar-refractivity contribution in [2.75, 3.05) is 0 Å². The number of carbonyl (C=O) groups excluding carboxylic acids is 1. The molecule has 1 heterocycles. The molecule has 2 rings (SSSR count). The maximum absolute atomic E-state index is 11.7. The zero-order valence-electron chi connectivity index (χ0n) is 12.0. The number of allylic oxidation sites excluding steroid dienone is 2. The third-order valence-corrected chi connectivity index (χ3v) is 4.03. The van der Waals surface area contributed by atoms with E-state index in [1.165, 1.54) is 25.0 Å². The van der Waals surface area contributed by atoms with Gasteiger partial charge in [0.25, 0.3) is 0 Å². The Morgan fingerprint density at radius 1 is 1.40 bits per heavy atom. The molecule has 2 aliphatic rings. The lowest BCUT2D eigenvalue weighted by atomic mass is 9.90. The SMILES string of the molecule is CCCCCCC(O)[C@@H]1CCC2=C(O1)[C@H](O)C=CC2=O. The molecule has 0 saturated carbocycles. The minimum atomic E-state index is -0.849. The van der Waals surface area contributed by atoms with Gasteiger partial charge in [-0.3, -0.25) is 4.79 Å². The Labute approximate surface area is 120 Å². The van der Waals surface area contributed by atoms with Crippen molar-refractivity contribution in [1.82, 2.24) is 0 Å². The molecule has 0 fully saturated rings. The summed E-state index contributed by atoms with van der Waals surface area (Å²) in [5.41, 5.74) is 0.564. The van der Waals surface area contributed by atoms with Crippen LogP contribution in [0.15, 0.2) is 23.5 Å². The number of rotatable bonds is 6. The summed E-state index contributed by atoms with van der Waals surface area (Å²) in [5, 5.41) is 20.0. The number of ether oxygens (including phenoxy) is 1. The normalized spacial score (nSPS) is 27.2.